The zero-order chi connectivity index (χ0) is 9.42. The minimum Gasteiger partial charge on any atom is -0.367 e. The lowest BCUT2D eigenvalue weighted by Crippen LogP contribution is -2.12. The van der Waals surface area contributed by atoms with Crippen molar-refractivity contribution in [2.24, 2.45) is 0 Å². The molecule has 0 fully saturated rings. The molecule has 0 unspecified atom stereocenters. The second kappa shape index (κ2) is 2.91. The Balaban J connectivity index is 2.30. The van der Waals surface area contributed by atoms with Crippen molar-refractivity contribution in [1.29, 1.82) is 0 Å². The lowest BCUT2D eigenvalue weighted by atomic mass is 10.1. The fraction of sp³-hybridized carbons (Fsp3) is 0.333. The SMILES string of the molecule is C=C(C)N1Cc2ccc(C)cc2C1. The fourth-order valence-corrected chi connectivity index (χ4v) is 1.79. The molecule has 1 heteroatoms. The predicted octanol–water partition coefficient (Wildman–Crippen LogP) is 2.84. The number of nitrogens with zero attached hydrogens (tertiary/aromatic N) is 1. The van der Waals surface area contributed by atoms with E-state index in [2.05, 4.69) is 43.5 Å². The first-order valence-electron chi connectivity index (χ1n) is 4.65. The maximum absolute atomic E-state index is 3.97. The van der Waals surface area contributed by atoms with Crippen molar-refractivity contribution >= 4 is 0 Å². The van der Waals surface area contributed by atoms with Gasteiger partial charge in [-0.3, -0.25) is 0 Å². The van der Waals surface area contributed by atoms with Gasteiger partial charge < -0.3 is 4.90 Å². The normalized spacial score (nSPS) is 14.5. The van der Waals surface area contributed by atoms with E-state index in [0.717, 1.165) is 18.8 Å². The summed E-state index contributed by atoms with van der Waals surface area (Å²) in [5, 5.41) is 0. The van der Waals surface area contributed by atoms with E-state index in [1.807, 2.05) is 0 Å². The minimum absolute atomic E-state index is 1.03. The van der Waals surface area contributed by atoms with Gasteiger partial charge in [-0.05, 0) is 25.0 Å². The summed E-state index contributed by atoms with van der Waals surface area (Å²) in [6.45, 7) is 10.2. The molecule has 0 saturated heterocycles. The van der Waals surface area contributed by atoms with Gasteiger partial charge in [0, 0.05) is 18.8 Å². The summed E-state index contributed by atoms with van der Waals surface area (Å²) in [6, 6.07) is 6.69. The standard InChI is InChI=1S/C12H15N/c1-9(2)13-7-11-5-4-10(3)6-12(11)8-13/h4-6H,1,7-8H2,2-3H3. The molecule has 0 atom stereocenters. The highest BCUT2D eigenvalue weighted by Crippen LogP contribution is 2.25. The summed E-state index contributed by atoms with van der Waals surface area (Å²) in [4.78, 5) is 2.31. The van der Waals surface area contributed by atoms with E-state index in [1.165, 1.54) is 16.7 Å². The number of benzene rings is 1. The van der Waals surface area contributed by atoms with Crippen LogP contribution in [-0.2, 0) is 13.1 Å². The second-order valence-electron chi connectivity index (χ2n) is 3.86. The third-order valence-electron chi connectivity index (χ3n) is 2.62. The quantitative estimate of drug-likeness (QED) is 0.631. The molecule has 68 valence electrons. The van der Waals surface area contributed by atoms with Crippen LogP contribution >= 0.6 is 0 Å². The minimum atomic E-state index is 1.03. The van der Waals surface area contributed by atoms with Gasteiger partial charge in [0.25, 0.3) is 0 Å². The van der Waals surface area contributed by atoms with Crippen LogP contribution in [0.3, 0.4) is 0 Å². The molecule has 13 heavy (non-hydrogen) atoms. The smallest absolute Gasteiger partial charge is 0.0433 e. The molecule has 1 nitrogen and oxygen atoms in total. The number of rotatable bonds is 1. The summed E-state index contributed by atoms with van der Waals surface area (Å²) in [6.07, 6.45) is 0. The monoisotopic (exact) mass is 173 g/mol. The topological polar surface area (TPSA) is 3.24 Å². The number of fused-ring (bicyclic) bond motifs is 1. The van der Waals surface area contributed by atoms with E-state index in [0.29, 0.717) is 0 Å². The molecular formula is C12H15N. The third kappa shape index (κ3) is 1.46. The number of allylic oxidation sites excluding steroid dienone is 1. The van der Waals surface area contributed by atoms with Crippen LogP contribution in [0.4, 0.5) is 0 Å². The van der Waals surface area contributed by atoms with Crippen LogP contribution in [0, 0.1) is 6.92 Å². The number of hydrogen-bond donors (Lipinski definition) is 0. The van der Waals surface area contributed by atoms with Gasteiger partial charge in [0.15, 0.2) is 0 Å². The van der Waals surface area contributed by atoms with E-state index < -0.39 is 0 Å². The summed E-state index contributed by atoms with van der Waals surface area (Å²) in [5.74, 6) is 0. The molecule has 2 rings (SSSR count). The lowest BCUT2D eigenvalue weighted by molar-refractivity contribution is 0.365. The first-order valence-corrected chi connectivity index (χ1v) is 4.65. The summed E-state index contributed by atoms with van der Waals surface area (Å²) >= 11 is 0. The van der Waals surface area contributed by atoms with Crippen molar-refractivity contribution in [2.45, 2.75) is 26.9 Å². The average Bonchev–Trinajstić information content (AvgIpc) is 2.46. The predicted molar refractivity (Wildman–Crippen MR) is 55.2 cm³/mol. The van der Waals surface area contributed by atoms with Crippen LogP contribution < -0.4 is 0 Å². The van der Waals surface area contributed by atoms with Gasteiger partial charge >= 0.3 is 0 Å². The van der Waals surface area contributed by atoms with E-state index in [4.69, 9.17) is 0 Å². The summed E-state index contributed by atoms with van der Waals surface area (Å²) in [5.41, 5.74) is 5.42. The molecule has 0 radical (unpaired) electrons. The molecule has 0 bridgehead atoms. The van der Waals surface area contributed by atoms with Gasteiger partial charge in [-0.1, -0.05) is 30.3 Å². The molecule has 0 amide bonds. The molecule has 0 aromatic heterocycles. The molecule has 1 aliphatic rings. The Bertz CT molecular complexity index is 352. The van der Waals surface area contributed by atoms with Crippen LogP contribution in [-0.4, -0.2) is 4.90 Å². The van der Waals surface area contributed by atoms with Gasteiger partial charge in [0.1, 0.15) is 0 Å². The fourth-order valence-electron chi connectivity index (χ4n) is 1.79. The lowest BCUT2D eigenvalue weighted by Gasteiger charge is -2.16. The van der Waals surface area contributed by atoms with Crippen LogP contribution in [0.1, 0.15) is 23.6 Å². The highest BCUT2D eigenvalue weighted by Gasteiger charge is 2.17. The Kier molecular flexibility index (Phi) is 1.87. The van der Waals surface area contributed by atoms with Crippen LogP contribution in [0.2, 0.25) is 0 Å². The van der Waals surface area contributed by atoms with Crippen molar-refractivity contribution < 1.29 is 0 Å². The van der Waals surface area contributed by atoms with Crippen molar-refractivity contribution in [2.75, 3.05) is 0 Å². The van der Waals surface area contributed by atoms with Gasteiger partial charge in [-0.2, -0.15) is 0 Å². The summed E-state index contributed by atoms with van der Waals surface area (Å²) in [7, 11) is 0. The van der Waals surface area contributed by atoms with Crippen molar-refractivity contribution in [3.63, 3.8) is 0 Å². The van der Waals surface area contributed by atoms with Crippen molar-refractivity contribution in [1.82, 2.24) is 4.90 Å². The maximum atomic E-state index is 3.97. The highest BCUT2D eigenvalue weighted by atomic mass is 15.1. The van der Waals surface area contributed by atoms with E-state index in [9.17, 15) is 0 Å². The molecule has 0 spiro atoms. The average molecular weight is 173 g/mol. The van der Waals surface area contributed by atoms with Crippen molar-refractivity contribution in [3.8, 4) is 0 Å². The molecule has 1 aromatic carbocycles. The highest BCUT2D eigenvalue weighted by molar-refractivity contribution is 5.35. The number of hydrogen-bond acceptors (Lipinski definition) is 1. The largest absolute Gasteiger partial charge is 0.367 e. The molecular weight excluding hydrogens is 158 g/mol. The molecule has 1 heterocycles. The van der Waals surface area contributed by atoms with E-state index >= 15 is 0 Å². The van der Waals surface area contributed by atoms with Crippen LogP contribution in [0.25, 0.3) is 0 Å². The maximum Gasteiger partial charge on any atom is 0.0433 e. The summed E-state index contributed by atoms with van der Waals surface area (Å²) < 4.78 is 0. The Morgan fingerprint density at radius 1 is 1.31 bits per heavy atom. The van der Waals surface area contributed by atoms with E-state index in [1.54, 1.807) is 0 Å². The Labute approximate surface area is 79.7 Å². The molecule has 1 aliphatic heterocycles. The Hall–Kier alpha value is -1.24. The second-order valence-corrected chi connectivity index (χ2v) is 3.86. The van der Waals surface area contributed by atoms with Gasteiger partial charge in [-0.25, -0.2) is 0 Å². The van der Waals surface area contributed by atoms with E-state index in [-0.39, 0.29) is 0 Å². The Morgan fingerprint density at radius 2 is 2.00 bits per heavy atom. The van der Waals surface area contributed by atoms with Crippen LogP contribution in [0.5, 0.6) is 0 Å². The zero-order valence-corrected chi connectivity index (χ0v) is 8.30. The van der Waals surface area contributed by atoms with Crippen molar-refractivity contribution in [3.05, 3.63) is 47.2 Å². The van der Waals surface area contributed by atoms with Gasteiger partial charge in [0.2, 0.25) is 0 Å². The first kappa shape index (κ1) is 8.36. The molecule has 0 N–H and O–H groups in total. The number of aryl methyl sites for hydroxylation is 1. The van der Waals surface area contributed by atoms with Gasteiger partial charge in [-0.15, -0.1) is 0 Å². The van der Waals surface area contributed by atoms with Gasteiger partial charge in [0.05, 0.1) is 0 Å². The molecule has 0 aliphatic carbocycles. The molecule has 0 saturated carbocycles. The first-order chi connectivity index (χ1) is 6.16. The van der Waals surface area contributed by atoms with Crippen LogP contribution in [0.15, 0.2) is 30.5 Å². The third-order valence-corrected chi connectivity index (χ3v) is 2.62. The zero-order valence-electron chi connectivity index (χ0n) is 8.30. The molecule has 1 aromatic rings. The Morgan fingerprint density at radius 3 is 2.69 bits per heavy atom.